The first-order chi connectivity index (χ1) is 13.0. The Morgan fingerprint density at radius 3 is 2.74 bits per heavy atom. The van der Waals surface area contributed by atoms with Crippen molar-refractivity contribution in [2.24, 2.45) is 5.92 Å². The summed E-state index contributed by atoms with van der Waals surface area (Å²) < 4.78 is 0. The molecule has 0 aliphatic carbocycles. The molecule has 1 amide bonds. The second-order valence-electron chi connectivity index (χ2n) is 7.45. The second-order valence-corrected chi connectivity index (χ2v) is 9.36. The van der Waals surface area contributed by atoms with E-state index in [1.807, 2.05) is 30.3 Å². The topological polar surface area (TPSA) is 36.4 Å². The number of amides is 1. The van der Waals surface area contributed by atoms with Gasteiger partial charge in [-0.2, -0.15) is 0 Å². The van der Waals surface area contributed by atoms with Gasteiger partial charge in [0.25, 0.3) is 0 Å². The molecular weight excluding hydrogens is 401 g/mol. The van der Waals surface area contributed by atoms with E-state index in [4.69, 9.17) is 23.2 Å². The van der Waals surface area contributed by atoms with E-state index >= 15 is 0 Å². The fourth-order valence-electron chi connectivity index (χ4n) is 4.11. The van der Waals surface area contributed by atoms with Crippen LogP contribution in [0.15, 0.2) is 24.4 Å². The summed E-state index contributed by atoms with van der Waals surface area (Å²) in [6.45, 7) is 3.13. The van der Waals surface area contributed by atoms with Gasteiger partial charge in [0.05, 0.1) is 17.0 Å². The molecule has 2 atom stereocenters. The van der Waals surface area contributed by atoms with Gasteiger partial charge in [0.15, 0.2) is 0 Å². The highest BCUT2D eigenvalue weighted by Gasteiger charge is 2.39. The summed E-state index contributed by atoms with van der Waals surface area (Å²) in [5, 5.41) is 2.08. The Bertz CT molecular complexity index is 834. The lowest BCUT2D eigenvalue weighted by Gasteiger charge is -2.28. The molecule has 0 N–H and O–H groups in total. The van der Waals surface area contributed by atoms with Gasteiger partial charge in [-0.3, -0.25) is 4.79 Å². The molecule has 1 aromatic heterocycles. The summed E-state index contributed by atoms with van der Waals surface area (Å²) in [6, 6.07) is 5.56. The zero-order valence-corrected chi connectivity index (χ0v) is 17.7. The van der Waals surface area contributed by atoms with Crippen molar-refractivity contribution in [3.8, 4) is 10.6 Å². The number of nitrogens with zero attached hydrogens (tertiary/aromatic N) is 3. The Labute approximate surface area is 174 Å². The highest BCUT2D eigenvalue weighted by Crippen LogP contribution is 2.41. The molecular formula is C20H23Cl2N3OS. The van der Waals surface area contributed by atoms with Gasteiger partial charge in [0.1, 0.15) is 5.01 Å². The van der Waals surface area contributed by atoms with Gasteiger partial charge < -0.3 is 9.80 Å². The van der Waals surface area contributed by atoms with E-state index in [0.717, 1.165) is 41.5 Å². The quantitative estimate of drug-likeness (QED) is 0.684. The van der Waals surface area contributed by atoms with Crippen LogP contribution in [0.25, 0.3) is 10.6 Å². The molecule has 2 aliphatic rings. The van der Waals surface area contributed by atoms with Gasteiger partial charge in [-0.25, -0.2) is 4.98 Å². The lowest BCUT2D eigenvalue weighted by atomic mass is 10.0. The highest BCUT2D eigenvalue weighted by molar-refractivity contribution is 7.15. The maximum atomic E-state index is 12.8. The summed E-state index contributed by atoms with van der Waals surface area (Å²) in [4.78, 5) is 22.8. The first-order valence-electron chi connectivity index (χ1n) is 9.43. The van der Waals surface area contributed by atoms with Gasteiger partial charge in [-0.15, -0.1) is 11.3 Å². The number of piperidine rings is 1. The molecule has 0 spiro atoms. The number of thiazole rings is 1. The third-order valence-corrected chi connectivity index (χ3v) is 7.29. The second kappa shape index (κ2) is 8.08. The van der Waals surface area contributed by atoms with E-state index in [-0.39, 0.29) is 17.9 Å². The van der Waals surface area contributed by atoms with Crippen molar-refractivity contribution in [1.29, 1.82) is 0 Å². The van der Waals surface area contributed by atoms with Crippen LogP contribution in [0.1, 0.15) is 36.6 Å². The molecule has 2 aromatic rings. The van der Waals surface area contributed by atoms with Gasteiger partial charge in [-0.05, 0) is 50.6 Å². The highest BCUT2D eigenvalue weighted by atomic mass is 35.5. The van der Waals surface area contributed by atoms with Crippen LogP contribution < -0.4 is 0 Å². The molecule has 27 heavy (non-hydrogen) atoms. The molecule has 0 bridgehead atoms. The summed E-state index contributed by atoms with van der Waals surface area (Å²) >= 11 is 13.9. The van der Waals surface area contributed by atoms with E-state index in [0.29, 0.717) is 10.0 Å². The molecule has 3 heterocycles. The van der Waals surface area contributed by atoms with Crippen molar-refractivity contribution in [3.63, 3.8) is 0 Å². The van der Waals surface area contributed by atoms with Crippen LogP contribution >= 0.6 is 34.5 Å². The SMILES string of the molecule is CN1C(=O)C(CN2CCCCC2)CC1c1cnc(-c2ccc(Cl)cc2Cl)s1. The molecule has 7 heteroatoms. The van der Waals surface area contributed by atoms with Crippen LogP contribution in [-0.2, 0) is 4.79 Å². The standard InChI is InChI=1S/C20H23Cl2N3OS/c1-24-17(9-13(20(24)26)12-25-7-3-2-4-8-25)18-11-23-19(27-18)15-6-5-14(21)10-16(15)22/h5-6,10-11,13,17H,2-4,7-9,12H2,1H3. The van der Waals surface area contributed by atoms with E-state index in [2.05, 4.69) is 9.88 Å². The molecule has 2 fully saturated rings. The van der Waals surface area contributed by atoms with Crippen LogP contribution in [0.3, 0.4) is 0 Å². The molecule has 4 rings (SSSR count). The van der Waals surface area contributed by atoms with Crippen molar-refractivity contribution in [1.82, 2.24) is 14.8 Å². The predicted octanol–water partition coefficient (Wildman–Crippen LogP) is 5.12. The zero-order valence-electron chi connectivity index (χ0n) is 15.3. The number of rotatable bonds is 4. The number of halogens is 2. The first kappa shape index (κ1) is 19.2. The average Bonchev–Trinajstić information content (AvgIpc) is 3.23. The fraction of sp³-hybridized carbons (Fsp3) is 0.500. The molecule has 4 nitrogen and oxygen atoms in total. The zero-order chi connectivity index (χ0) is 19.0. The van der Waals surface area contributed by atoms with E-state index < -0.39 is 0 Å². The molecule has 144 valence electrons. The van der Waals surface area contributed by atoms with Crippen molar-refractivity contribution in [3.05, 3.63) is 39.3 Å². The summed E-state index contributed by atoms with van der Waals surface area (Å²) in [6.07, 6.45) is 6.57. The molecule has 2 aliphatic heterocycles. The number of aromatic nitrogens is 1. The third-order valence-electron chi connectivity index (χ3n) is 5.61. The monoisotopic (exact) mass is 423 g/mol. The van der Waals surface area contributed by atoms with Crippen molar-refractivity contribution < 1.29 is 4.79 Å². The minimum atomic E-state index is 0.0859. The van der Waals surface area contributed by atoms with E-state index in [9.17, 15) is 4.79 Å². The van der Waals surface area contributed by atoms with Gasteiger partial charge in [-0.1, -0.05) is 29.6 Å². The molecule has 2 unspecified atom stereocenters. The Hall–Kier alpha value is -1.14. The maximum absolute atomic E-state index is 12.8. The minimum absolute atomic E-state index is 0.0859. The van der Waals surface area contributed by atoms with Crippen molar-refractivity contribution >= 4 is 40.4 Å². The number of carbonyl (C=O) groups is 1. The molecule has 2 saturated heterocycles. The Balaban J connectivity index is 1.50. The van der Waals surface area contributed by atoms with Crippen LogP contribution in [0.2, 0.25) is 10.0 Å². The lowest BCUT2D eigenvalue weighted by Crippen LogP contribution is -2.36. The van der Waals surface area contributed by atoms with Crippen LogP contribution in [0.4, 0.5) is 0 Å². The number of hydrogen-bond donors (Lipinski definition) is 0. The number of likely N-dealkylation sites (tertiary alicyclic amines) is 2. The molecule has 0 saturated carbocycles. The average molecular weight is 424 g/mol. The molecule has 1 aromatic carbocycles. The Kier molecular flexibility index (Phi) is 5.74. The summed E-state index contributed by atoms with van der Waals surface area (Å²) in [7, 11) is 1.91. The van der Waals surface area contributed by atoms with Crippen molar-refractivity contribution in [2.75, 3.05) is 26.7 Å². The number of benzene rings is 1. The Morgan fingerprint density at radius 2 is 2.00 bits per heavy atom. The summed E-state index contributed by atoms with van der Waals surface area (Å²) in [5.74, 6) is 0.341. The first-order valence-corrected chi connectivity index (χ1v) is 11.0. The third kappa shape index (κ3) is 4.02. The van der Waals surface area contributed by atoms with Gasteiger partial charge >= 0.3 is 0 Å². The summed E-state index contributed by atoms with van der Waals surface area (Å²) in [5.41, 5.74) is 0.883. The Morgan fingerprint density at radius 1 is 1.22 bits per heavy atom. The fourth-order valence-corrected chi connectivity index (χ4v) is 5.78. The van der Waals surface area contributed by atoms with Gasteiger partial charge in [0.2, 0.25) is 5.91 Å². The van der Waals surface area contributed by atoms with E-state index in [1.54, 1.807) is 17.4 Å². The maximum Gasteiger partial charge on any atom is 0.227 e. The normalized spacial score (nSPS) is 24.0. The van der Waals surface area contributed by atoms with Crippen LogP contribution in [-0.4, -0.2) is 47.4 Å². The van der Waals surface area contributed by atoms with Gasteiger partial charge in [0, 0.05) is 35.3 Å². The predicted molar refractivity (Wildman–Crippen MR) is 111 cm³/mol. The van der Waals surface area contributed by atoms with Crippen molar-refractivity contribution in [2.45, 2.75) is 31.7 Å². The number of carbonyl (C=O) groups excluding carboxylic acids is 1. The van der Waals surface area contributed by atoms with Crippen LogP contribution in [0, 0.1) is 5.92 Å². The van der Waals surface area contributed by atoms with Crippen LogP contribution in [0.5, 0.6) is 0 Å². The smallest absolute Gasteiger partial charge is 0.227 e. The number of hydrogen-bond acceptors (Lipinski definition) is 4. The largest absolute Gasteiger partial charge is 0.338 e. The lowest BCUT2D eigenvalue weighted by molar-refractivity contribution is -0.131. The van der Waals surface area contributed by atoms with E-state index in [1.165, 1.54) is 19.3 Å². The minimum Gasteiger partial charge on any atom is -0.338 e. The molecule has 0 radical (unpaired) electrons.